The molecular weight excluding hydrogens is 204 g/mol. The fourth-order valence-electron chi connectivity index (χ4n) is 1.94. The molecule has 0 spiro atoms. The molecule has 1 aliphatic rings. The molecule has 1 heterocycles. The first-order chi connectivity index (χ1) is 7.47. The minimum Gasteiger partial charge on any atom is -0.377 e. The van der Waals surface area contributed by atoms with Gasteiger partial charge in [-0.2, -0.15) is 0 Å². The predicted octanol–water partition coefficient (Wildman–Crippen LogP) is 0.999. The zero-order valence-electron chi connectivity index (χ0n) is 10.7. The molecule has 0 radical (unpaired) electrons. The molecule has 0 saturated carbocycles. The van der Waals surface area contributed by atoms with Gasteiger partial charge in [-0.3, -0.25) is 4.79 Å². The van der Waals surface area contributed by atoms with Gasteiger partial charge in [0.25, 0.3) is 0 Å². The van der Waals surface area contributed by atoms with E-state index in [1.807, 2.05) is 4.90 Å². The Morgan fingerprint density at radius 1 is 1.56 bits per heavy atom. The summed E-state index contributed by atoms with van der Waals surface area (Å²) in [5.74, 6) is 0.654. The maximum Gasteiger partial charge on any atom is 0.223 e. The van der Waals surface area contributed by atoms with Crippen molar-refractivity contribution in [2.24, 2.45) is 11.7 Å². The molecule has 0 bridgehead atoms. The lowest BCUT2D eigenvalue weighted by molar-refractivity contribution is -0.146. The minimum absolute atomic E-state index is 0.165. The van der Waals surface area contributed by atoms with Crippen LogP contribution in [0.25, 0.3) is 0 Å². The third-order valence-electron chi connectivity index (χ3n) is 3.20. The molecule has 4 heteroatoms. The van der Waals surface area contributed by atoms with Crippen LogP contribution in [0.4, 0.5) is 0 Å². The van der Waals surface area contributed by atoms with Gasteiger partial charge in [0.1, 0.15) is 0 Å². The molecular formula is C12H24N2O2. The first-order valence-electron chi connectivity index (χ1n) is 6.05. The highest BCUT2D eigenvalue weighted by molar-refractivity contribution is 5.77. The third kappa shape index (κ3) is 3.46. The van der Waals surface area contributed by atoms with E-state index in [-0.39, 0.29) is 11.4 Å². The van der Waals surface area contributed by atoms with E-state index < -0.39 is 0 Å². The second-order valence-corrected chi connectivity index (χ2v) is 5.29. The topological polar surface area (TPSA) is 55.6 Å². The Labute approximate surface area is 98.1 Å². The Morgan fingerprint density at radius 3 is 2.81 bits per heavy atom. The average Bonchev–Trinajstić information content (AvgIpc) is 2.24. The van der Waals surface area contributed by atoms with Crippen LogP contribution >= 0.6 is 0 Å². The minimum atomic E-state index is -0.165. The van der Waals surface area contributed by atoms with Crippen molar-refractivity contribution in [3.63, 3.8) is 0 Å². The van der Waals surface area contributed by atoms with E-state index in [0.717, 1.165) is 6.42 Å². The van der Waals surface area contributed by atoms with E-state index in [1.54, 1.807) is 0 Å². The molecule has 94 valence electrons. The van der Waals surface area contributed by atoms with Gasteiger partial charge >= 0.3 is 0 Å². The number of carbonyl (C=O) groups is 1. The Hall–Kier alpha value is -0.610. The maximum absolute atomic E-state index is 12.1. The summed E-state index contributed by atoms with van der Waals surface area (Å²) in [5.41, 5.74) is 5.38. The van der Waals surface area contributed by atoms with Crippen molar-refractivity contribution in [2.75, 3.05) is 26.3 Å². The van der Waals surface area contributed by atoms with Crippen molar-refractivity contribution >= 4 is 5.91 Å². The van der Waals surface area contributed by atoms with Crippen LogP contribution in [0.5, 0.6) is 0 Å². The maximum atomic E-state index is 12.1. The summed E-state index contributed by atoms with van der Waals surface area (Å²) in [6, 6.07) is 0. The lowest BCUT2D eigenvalue weighted by atomic mass is 10.00. The molecule has 1 atom stereocenters. The van der Waals surface area contributed by atoms with Crippen molar-refractivity contribution in [1.82, 2.24) is 4.90 Å². The Balaban J connectivity index is 2.46. The summed E-state index contributed by atoms with van der Waals surface area (Å²) >= 11 is 0. The van der Waals surface area contributed by atoms with Crippen LogP contribution in [0.15, 0.2) is 0 Å². The smallest absolute Gasteiger partial charge is 0.223 e. The summed E-state index contributed by atoms with van der Waals surface area (Å²) in [5, 5.41) is 0. The molecule has 0 aliphatic carbocycles. The molecule has 0 aromatic rings. The van der Waals surface area contributed by atoms with Crippen molar-refractivity contribution in [3.8, 4) is 0 Å². The Morgan fingerprint density at radius 2 is 2.25 bits per heavy atom. The highest BCUT2D eigenvalue weighted by Gasteiger charge is 2.33. The second-order valence-electron chi connectivity index (χ2n) is 5.29. The zero-order chi connectivity index (χ0) is 12.2. The predicted molar refractivity (Wildman–Crippen MR) is 64.1 cm³/mol. The number of morpholine rings is 1. The van der Waals surface area contributed by atoms with Gasteiger partial charge in [0.15, 0.2) is 0 Å². The standard InChI is InChI=1S/C12H24N2O2/c1-10(8-13)4-5-11(15)14-6-7-16-9-12(14,2)3/h10H,4-9,13H2,1-3H3. The molecule has 2 N–H and O–H groups in total. The van der Waals surface area contributed by atoms with E-state index in [2.05, 4.69) is 20.8 Å². The van der Waals surface area contributed by atoms with Crippen LogP contribution in [0.3, 0.4) is 0 Å². The number of nitrogens with zero attached hydrogens (tertiary/aromatic N) is 1. The largest absolute Gasteiger partial charge is 0.377 e. The lowest BCUT2D eigenvalue weighted by Crippen LogP contribution is -2.55. The lowest BCUT2D eigenvalue weighted by Gasteiger charge is -2.42. The molecule has 1 saturated heterocycles. The van der Waals surface area contributed by atoms with Crippen LogP contribution in [-0.2, 0) is 9.53 Å². The van der Waals surface area contributed by atoms with Gasteiger partial charge in [0, 0.05) is 13.0 Å². The SMILES string of the molecule is CC(CN)CCC(=O)N1CCOCC1(C)C. The fourth-order valence-corrected chi connectivity index (χ4v) is 1.94. The number of rotatable bonds is 4. The number of carbonyl (C=O) groups excluding carboxylic acids is 1. The summed E-state index contributed by atoms with van der Waals surface area (Å²) in [7, 11) is 0. The second kappa shape index (κ2) is 5.64. The molecule has 16 heavy (non-hydrogen) atoms. The van der Waals surface area contributed by atoms with Crippen LogP contribution < -0.4 is 5.73 Å². The van der Waals surface area contributed by atoms with Gasteiger partial charge in [-0.15, -0.1) is 0 Å². The van der Waals surface area contributed by atoms with Gasteiger partial charge in [0.2, 0.25) is 5.91 Å². The van der Waals surface area contributed by atoms with Crippen LogP contribution in [0, 0.1) is 5.92 Å². The average molecular weight is 228 g/mol. The molecule has 1 fully saturated rings. The van der Waals surface area contributed by atoms with Crippen molar-refractivity contribution in [2.45, 2.75) is 39.2 Å². The number of hydrogen-bond acceptors (Lipinski definition) is 3. The number of ether oxygens (including phenoxy) is 1. The Bertz CT molecular complexity index is 241. The molecule has 4 nitrogen and oxygen atoms in total. The molecule has 0 aromatic heterocycles. The molecule has 1 unspecified atom stereocenters. The van der Waals surface area contributed by atoms with Gasteiger partial charge in [-0.25, -0.2) is 0 Å². The van der Waals surface area contributed by atoms with Gasteiger partial charge in [0.05, 0.1) is 18.8 Å². The first kappa shape index (κ1) is 13.5. The number of hydrogen-bond donors (Lipinski definition) is 1. The monoisotopic (exact) mass is 228 g/mol. The van der Waals surface area contributed by atoms with Gasteiger partial charge in [-0.1, -0.05) is 6.92 Å². The molecule has 1 amide bonds. The fraction of sp³-hybridized carbons (Fsp3) is 0.917. The van der Waals surface area contributed by atoms with Crippen LogP contribution in [0.2, 0.25) is 0 Å². The highest BCUT2D eigenvalue weighted by Crippen LogP contribution is 2.20. The van der Waals surface area contributed by atoms with E-state index >= 15 is 0 Å². The first-order valence-corrected chi connectivity index (χ1v) is 6.05. The summed E-state index contributed by atoms with van der Waals surface area (Å²) in [4.78, 5) is 14.0. The van der Waals surface area contributed by atoms with Gasteiger partial charge < -0.3 is 15.4 Å². The zero-order valence-corrected chi connectivity index (χ0v) is 10.7. The van der Waals surface area contributed by atoms with E-state index in [9.17, 15) is 4.79 Å². The van der Waals surface area contributed by atoms with Crippen molar-refractivity contribution < 1.29 is 9.53 Å². The number of nitrogens with two attached hydrogens (primary N) is 1. The molecule has 0 aromatic carbocycles. The van der Waals surface area contributed by atoms with Crippen molar-refractivity contribution in [1.29, 1.82) is 0 Å². The Kier molecular flexibility index (Phi) is 4.74. The summed E-state index contributed by atoms with van der Waals surface area (Å²) < 4.78 is 5.40. The summed E-state index contributed by atoms with van der Waals surface area (Å²) in [6.45, 7) is 8.83. The number of amides is 1. The van der Waals surface area contributed by atoms with E-state index in [4.69, 9.17) is 10.5 Å². The quantitative estimate of drug-likeness (QED) is 0.781. The highest BCUT2D eigenvalue weighted by atomic mass is 16.5. The van der Waals surface area contributed by atoms with Gasteiger partial charge in [-0.05, 0) is 32.7 Å². The third-order valence-corrected chi connectivity index (χ3v) is 3.20. The normalized spacial score (nSPS) is 21.9. The molecule has 1 rings (SSSR count). The van der Waals surface area contributed by atoms with E-state index in [1.165, 1.54) is 0 Å². The van der Waals surface area contributed by atoms with Crippen LogP contribution in [-0.4, -0.2) is 42.6 Å². The van der Waals surface area contributed by atoms with Crippen molar-refractivity contribution in [3.05, 3.63) is 0 Å². The van der Waals surface area contributed by atoms with Crippen LogP contribution in [0.1, 0.15) is 33.6 Å². The van der Waals surface area contributed by atoms with E-state index in [0.29, 0.717) is 38.6 Å². The molecule has 1 aliphatic heterocycles. The summed E-state index contributed by atoms with van der Waals surface area (Å²) in [6.07, 6.45) is 1.48.